The van der Waals surface area contributed by atoms with Crippen LogP contribution in [0.2, 0.25) is 0 Å². The van der Waals surface area contributed by atoms with Gasteiger partial charge in [0.05, 0.1) is 33.1 Å². The summed E-state index contributed by atoms with van der Waals surface area (Å²) in [5.41, 5.74) is 3.07. The van der Waals surface area contributed by atoms with Gasteiger partial charge in [0, 0.05) is 12.1 Å². The minimum Gasteiger partial charge on any atom is -0.493 e. The van der Waals surface area contributed by atoms with Crippen molar-refractivity contribution in [2.45, 2.75) is 25.3 Å². The lowest BCUT2D eigenvalue weighted by atomic mass is 9.88. The molecule has 138 valence electrons. The zero-order chi connectivity index (χ0) is 18.5. The number of benzene rings is 2. The van der Waals surface area contributed by atoms with E-state index in [1.165, 1.54) is 11.1 Å². The van der Waals surface area contributed by atoms with E-state index < -0.39 is 0 Å². The predicted octanol–water partition coefficient (Wildman–Crippen LogP) is 3.91. The minimum atomic E-state index is -0.263. The molecule has 0 aromatic heterocycles. The summed E-state index contributed by atoms with van der Waals surface area (Å²) in [5, 5.41) is 5.92. The number of methoxy groups -OCH3 is 3. The van der Waals surface area contributed by atoms with Crippen LogP contribution >= 0.6 is 0 Å². The van der Waals surface area contributed by atoms with Crippen molar-refractivity contribution < 1.29 is 19.0 Å². The van der Waals surface area contributed by atoms with Crippen molar-refractivity contribution >= 4 is 11.7 Å². The summed E-state index contributed by atoms with van der Waals surface area (Å²) in [6.07, 6.45) is 3.05. The van der Waals surface area contributed by atoms with Crippen molar-refractivity contribution in [1.29, 1.82) is 0 Å². The number of aryl methyl sites for hydroxylation is 1. The predicted molar refractivity (Wildman–Crippen MR) is 100 cm³/mol. The van der Waals surface area contributed by atoms with Crippen molar-refractivity contribution in [3.63, 3.8) is 0 Å². The van der Waals surface area contributed by atoms with E-state index in [4.69, 9.17) is 14.2 Å². The molecule has 6 nitrogen and oxygen atoms in total. The van der Waals surface area contributed by atoms with E-state index in [0.29, 0.717) is 22.9 Å². The van der Waals surface area contributed by atoms with Crippen molar-refractivity contribution in [3.05, 3.63) is 47.5 Å². The van der Waals surface area contributed by atoms with Crippen LogP contribution in [0.15, 0.2) is 36.4 Å². The fraction of sp³-hybridized carbons (Fsp3) is 0.350. The molecule has 0 unspecified atom stereocenters. The molecular formula is C20H24N2O4. The van der Waals surface area contributed by atoms with Gasteiger partial charge in [-0.15, -0.1) is 0 Å². The number of anilines is 1. The Morgan fingerprint density at radius 3 is 2.38 bits per heavy atom. The first-order valence-corrected chi connectivity index (χ1v) is 8.61. The van der Waals surface area contributed by atoms with Gasteiger partial charge in [0.25, 0.3) is 0 Å². The number of hydrogen-bond acceptors (Lipinski definition) is 4. The fourth-order valence-electron chi connectivity index (χ4n) is 3.38. The number of carbonyl (C=O) groups is 1. The van der Waals surface area contributed by atoms with Crippen molar-refractivity contribution in [2.24, 2.45) is 0 Å². The zero-order valence-corrected chi connectivity index (χ0v) is 15.3. The third kappa shape index (κ3) is 3.69. The molecule has 0 bridgehead atoms. The zero-order valence-electron chi connectivity index (χ0n) is 15.3. The molecular weight excluding hydrogens is 332 g/mol. The number of urea groups is 1. The van der Waals surface area contributed by atoms with Crippen LogP contribution in [0.25, 0.3) is 0 Å². The Morgan fingerprint density at radius 1 is 1.04 bits per heavy atom. The van der Waals surface area contributed by atoms with E-state index in [0.717, 1.165) is 19.3 Å². The lowest BCUT2D eigenvalue weighted by molar-refractivity contribution is 0.247. The molecule has 2 aromatic carbocycles. The number of rotatable bonds is 5. The Labute approximate surface area is 153 Å². The van der Waals surface area contributed by atoms with Gasteiger partial charge in [-0.1, -0.05) is 24.3 Å². The van der Waals surface area contributed by atoms with Crippen molar-refractivity contribution in [3.8, 4) is 17.2 Å². The molecule has 0 aliphatic heterocycles. The van der Waals surface area contributed by atoms with E-state index in [1.807, 2.05) is 12.1 Å². The van der Waals surface area contributed by atoms with Gasteiger partial charge in [0.15, 0.2) is 11.5 Å². The Balaban J connectivity index is 1.75. The number of nitrogens with one attached hydrogen (secondary N) is 2. The summed E-state index contributed by atoms with van der Waals surface area (Å²) >= 11 is 0. The first-order valence-electron chi connectivity index (χ1n) is 8.61. The number of carbonyl (C=O) groups excluding carboxylic acids is 1. The van der Waals surface area contributed by atoms with Crippen molar-refractivity contribution in [2.75, 3.05) is 26.6 Å². The smallest absolute Gasteiger partial charge is 0.319 e. The van der Waals surface area contributed by atoms with Crippen molar-refractivity contribution in [1.82, 2.24) is 5.32 Å². The van der Waals surface area contributed by atoms with Crippen LogP contribution < -0.4 is 24.8 Å². The lowest BCUT2D eigenvalue weighted by Gasteiger charge is -2.26. The average molecular weight is 356 g/mol. The number of hydrogen-bond donors (Lipinski definition) is 2. The van der Waals surface area contributed by atoms with Crippen LogP contribution in [0.4, 0.5) is 10.5 Å². The van der Waals surface area contributed by atoms with Gasteiger partial charge in [-0.3, -0.25) is 0 Å². The highest BCUT2D eigenvalue weighted by atomic mass is 16.5. The first-order chi connectivity index (χ1) is 12.7. The Morgan fingerprint density at radius 2 is 1.73 bits per heavy atom. The summed E-state index contributed by atoms with van der Waals surface area (Å²) in [6, 6.07) is 11.4. The molecule has 3 rings (SSSR count). The van der Waals surface area contributed by atoms with Crippen LogP contribution in [0.5, 0.6) is 17.2 Å². The second-order valence-corrected chi connectivity index (χ2v) is 6.16. The standard InChI is InChI=1S/C20H24N2O4/c1-24-17-11-14(12-18(25-2)19(17)26-3)21-20(23)22-16-10-6-8-13-7-4-5-9-15(13)16/h4-5,7,9,11-12,16H,6,8,10H2,1-3H3,(H2,21,22,23)/t16-/m1/s1. The maximum absolute atomic E-state index is 12.5. The van der Waals surface area contributed by atoms with Gasteiger partial charge in [-0.2, -0.15) is 0 Å². The monoisotopic (exact) mass is 356 g/mol. The molecule has 0 fully saturated rings. The quantitative estimate of drug-likeness (QED) is 0.852. The van der Waals surface area contributed by atoms with Gasteiger partial charge in [0.2, 0.25) is 5.75 Å². The SMILES string of the molecule is COc1cc(NC(=O)N[C@@H]2CCCc3ccccc32)cc(OC)c1OC. The third-order valence-electron chi connectivity index (χ3n) is 4.60. The van der Waals surface area contributed by atoms with Gasteiger partial charge >= 0.3 is 6.03 Å². The highest BCUT2D eigenvalue weighted by Gasteiger charge is 2.22. The molecule has 2 N–H and O–H groups in total. The number of ether oxygens (including phenoxy) is 3. The average Bonchev–Trinajstić information content (AvgIpc) is 2.67. The van der Waals surface area contributed by atoms with Gasteiger partial charge in [-0.25, -0.2) is 4.79 Å². The largest absolute Gasteiger partial charge is 0.493 e. The molecule has 1 aliphatic carbocycles. The normalized spacial score (nSPS) is 15.6. The summed E-state index contributed by atoms with van der Waals surface area (Å²) in [6.45, 7) is 0. The van der Waals surface area contributed by atoms with E-state index in [-0.39, 0.29) is 12.1 Å². The Bertz CT molecular complexity index is 766. The maximum atomic E-state index is 12.5. The summed E-state index contributed by atoms with van der Waals surface area (Å²) < 4.78 is 15.9. The molecule has 26 heavy (non-hydrogen) atoms. The van der Waals surface area contributed by atoms with Gasteiger partial charge < -0.3 is 24.8 Å². The van der Waals surface area contributed by atoms with Crippen LogP contribution in [-0.2, 0) is 6.42 Å². The highest BCUT2D eigenvalue weighted by molar-refractivity contribution is 5.90. The Hall–Kier alpha value is -2.89. The second kappa shape index (κ2) is 7.99. The topological polar surface area (TPSA) is 68.8 Å². The molecule has 6 heteroatoms. The summed E-state index contributed by atoms with van der Waals surface area (Å²) in [7, 11) is 4.63. The highest BCUT2D eigenvalue weighted by Crippen LogP contribution is 2.40. The van der Waals surface area contributed by atoms with Crippen LogP contribution in [0.3, 0.4) is 0 Å². The van der Waals surface area contributed by atoms with Gasteiger partial charge in [0.1, 0.15) is 0 Å². The molecule has 2 amide bonds. The maximum Gasteiger partial charge on any atom is 0.319 e. The molecule has 1 aliphatic rings. The molecule has 0 heterocycles. The summed E-state index contributed by atoms with van der Waals surface area (Å²) in [5.74, 6) is 1.47. The van der Waals surface area contributed by atoms with E-state index in [2.05, 4.69) is 22.8 Å². The van der Waals surface area contributed by atoms with Crippen LogP contribution in [0, 0.1) is 0 Å². The number of amides is 2. The van der Waals surface area contributed by atoms with E-state index in [9.17, 15) is 4.79 Å². The molecule has 0 saturated heterocycles. The third-order valence-corrected chi connectivity index (χ3v) is 4.60. The molecule has 0 radical (unpaired) electrons. The fourth-order valence-corrected chi connectivity index (χ4v) is 3.38. The molecule has 1 atom stereocenters. The summed E-state index contributed by atoms with van der Waals surface area (Å²) in [4.78, 5) is 12.5. The first kappa shape index (κ1) is 17.9. The second-order valence-electron chi connectivity index (χ2n) is 6.16. The van der Waals surface area contributed by atoms with E-state index >= 15 is 0 Å². The minimum absolute atomic E-state index is 0.0157. The van der Waals surface area contributed by atoms with Crippen LogP contribution in [0.1, 0.15) is 30.0 Å². The van der Waals surface area contributed by atoms with Crippen LogP contribution in [-0.4, -0.2) is 27.4 Å². The lowest BCUT2D eigenvalue weighted by Crippen LogP contribution is -2.34. The molecule has 2 aromatic rings. The van der Waals surface area contributed by atoms with Gasteiger partial charge in [-0.05, 0) is 30.4 Å². The Kier molecular flexibility index (Phi) is 5.51. The van der Waals surface area contributed by atoms with E-state index in [1.54, 1.807) is 33.5 Å². The number of fused-ring (bicyclic) bond motifs is 1. The molecule has 0 saturated carbocycles. The molecule has 0 spiro atoms.